The molecule has 0 aliphatic carbocycles. The van der Waals surface area contributed by atoms with Crippen LogP contribution in [-0.4, -0.2) is 20.1 Å². The van der Waals surface area contributed by atoms with E-state index in [9.17, 15) is 13.5 Å². The third-order valence-electron chi connectivity index (χ3n) is 3.42. The topological polar surface area (TPSA) is 63.6 Å². The number of ether oxygens (including phenoxy) is 1. The first-order chi connectivity index (χ1) is 10.00. The van der Waals surface area contributed by atoms with Crippen LogP contribution in [0.4, 0.5) is 0 Å². The summed E-state index contributed by atoms with van der Waals surface area (Å²) in [6.45, 7) is 1.84. The van der Waals surface area contributed by atoms with Gasteiger partial charge in [-0.3, -0.25) is 0 Å². The molecule has 2 aromatic carbocycles. The molecule has 0 aromatic heterocycles. The van der Waals surface area contributed by atoms with Gasteiger partial charge in [-0.2, -0.15) is 0 Å². The zero-order chi connectivity index (χ0) is 15.0. The van der Waals surface area contributed by atoms with Crippen molar-refractivity contribution in [2.45, 2.75) is 11.8 Å². The smallest absolute Gasteiger partial charge is 0.210 e. The van der Waals surface area contributed by atoms with E-state index in [1.807, 2.05) is 25.1 Å². The van der Waals surface area contributed by atoms with E-state index in [1.54, 1.807) is 24.3 Å². The Morgan fingerprint density at radius 3 is 2.57 bits per heavy atom. The molecule has 1 heterocycles. The van der Waals surface area contributed by atoms with Crippen LogP contribution >= 0.6 is 0 Å². The second-order valence-electron chi connectivity index (χ2n) is 4.86. The Balaban J connectivity index is 1.89. The SMILES string of the molecule is Cc1ccccc1OCC1=Cc2cccc(O)c2S1(=O)=O. The van der Waals surface area contributed by atoms with Crippen molar-refractivity contribution in [2.24, 2.45) is 0 Å². The number of aromatic hydroxyl groups is 1. The summed E-state index contributed by atoms with van der Waals surface area (Å²) < 4.78 is 30.4. The first kappa shape index (κ1) is 13.7. The van der Waals surface area contributed by atoms with Gasteiger partial charge in [-0.05, 0) is 36.3 Å². The quantitative estimate of drug-likeness (QED) is 0.947. The van der Waals surface area contributed by atoms with E-state index in [1.165, 1.54) is 6.07 Å². The molecular formula is C16H14O4S. The lowest BCUT2D eigenvalue weighted by atomic mass is 10.2. The Bertz CT molecular complexity index is 835. The molecule has 2 aromatic rings. The highest BCUT2D eigenvalue weighted by molar-refractivity contribution is 7.96. The molecule has 1 aliphatic heterocycles. The van der Waals surface area contributed by atoms with Crippen molar-refractivity contribution in [3.8, 4) is 11.5 Å². The van der Waals surface area contributed by atoms with Gasteiger partial charge in [0.1, 0.15) is 23.0 Å². The summed E-state index contributed by atoms with van der Waals surface area (Å²) in [5.41, 5.74) is 1.44. The lowest BCUT2D eigenvalue weighted by Gasteiger charge is -2.09. The number of phenols is 1. The number of rotatable bonds is 3. The van der Waals surface area contributed by atoms with E-state index in [-0.39, 0.29) is 22.2 Å². The summed E-state index contributed by atoms with van der Waals surface area (Å²) in [5.74, 6) is 0.420. The normalized spacial score (nSPS) is 15.4. The zero-order valence-electron chi connectivity index (χ0n) is 11.4. The lowest BCUT2D eigenvalue weighted by molar-refractivity contribution is 0.356. The van der Waals surface area contributed by atoms with Gasteiger partial charge < -0.3 is 9.84 Å². The van der Waals surface area contributed by atoms with Gasteiger partial charge in [-0.1, -0.05) is 30.3 Å². The number of hydrogen-bond acceptors (Lipinski definition) is 4. The Hall–Kier alpha value is -2.27. The molecule has 0 atom stereocenters. The molecule has 0 saturated heterocycles. The maximum absolute atomic E-state index is 12.4. The average molecular weight is 302 g/mol. The third kappa shape index (κ3) is 2.29. The molecule has 0 saturated carbocycles. The van der Waals surface area contributed by atoms with E-state index in [0.717, 1.165) is 5.56 Å². The minimum atomic E-state index is -3.67. The van der Waals surface area contributed by atoms with Gasteiger partial charge in [0.05, 0.1) is 4.91 Å². The minimum Gasteiger partial charge on any atom is -0.507 e. The van der Waals surface area contributed by atoms with Crippen molar-refractivity contribution >= 4 is 15.9 Å². The van der Waals surface area contributed by atoms with E-state index in [0.29, 0.717) is 11.3 Å². The molecule has 0 unspecified atom stereocenters. The van der Waals surface area contributed by atoms with Crippen LogP contribution in [0, 0.1) is 6.92 Å². The number of hydrogen-bond donors (Lipinski definition) is 1. The van der Waals surface area contributed by atoms with Crippen LogP contribution in [-0.2, 0) is 9.84 Å². The van der Waals surface area contributed by atoms with Crippen molar-refractivity contribution in [1.82, 2.24) is 0 Å². The van der Waals surface area contributed by atoms with Crippen LogP contribution in [0.5, 0.6) is 11.5 Å². The number of para-hydroxylation sites is 1. The number of fused-ring (bicyclic) bond motifs is 1. The molecule has 1 aliphatic rings. The molecule has 3 rings (SSSR count). The zero-order valence-corrected chi connectivity index (χ0v) is 12.2. The van der Waals surface area contributed by atoms with E-state index >= 15 is 0 Å². The van der Waals surface area contributed by atoms with Gasteiger partial charge in [-0.25, -0.2) is 8.42 Å². The third-order valence-corrected chi connectivity index (χ3v) is 5.33. The van der Waals surface area contributed by atoms with Crippen LogP contribution in [0.2, 0.25) is 0 Å². The highest BCUT2D eigenvalue weighted by atomic mass is 32.2. The van der Waals surface area contributed by atoms with Crippen LogP contribution in [0.1, 0.15) is 11.1 Å². The van der Waals surface area contributed by atoms with Crippen LogP contribution < -0.4 is 4.74 Å². The minimum absolute atomic E-state index is 0.0339. The number of benzene rings is 2. The fraction of sp³-hybridized carbons (Fsp3) is 0.125. The van der Waals surface area contributed by atoms with Crippen LogP contribution in [0.25, 0.3) is 6.08 Å². The second kappa shape index (κ2) is 4.93. The first-order valence-electron chi connectivity index (χ1n) is 6.46. The molecular weight excluding hydrogens is 288 g/mol. The number of phenolic OH excluding ortho intramolecular Hbond substituents is 1. The van der Waals surface area contributed by atoms with Gasteiger partial charge in [0.25, 0.3) is 0 Å². The Labute approximate surface area is 123 Å². The first-order valence-corrected chi connectivity index (χ1v) is 7.94. The second-order valence-corrected chi connectivity index (χ2v) is 6.80. The van der Waals surface area contributed by atoms with Gasteiger partial charge >= 0.3 is 0 Å². The van der Waals surface area contributed by atoms with Crippen molar-refractivity contribution in [3.05, 3.63) is 58.5 Å². The van der Waals surface area contributed by atoms with Gasteiger partial charge in [-0.15, -0.1) is 0 Å². The van der Waals surface area contributed by atoms with Crippen molar-refractivity contribution in [2.75, 3.05) is 6.61 Å². The predicted octanol–water partition coefficient (Wildman–Crippen LogP) is 2.91. The summed E-state index contributed by atoms with van der Waals surface area (Å²) in [6.07, 6.45) is 1.54. The van der Waals surface area contributed by atoms with Crippen molar-refractivity contribution < 1.29 is 18.3 Å². The maximum atomic E-state index is 12.4. The average Bonchev–Trinajstić information content (AvgIpc) is 2.70. The largest absolute Gasteiger partial charge is 0.507 e. The van der Waals surface area contributed by atoms with Crippen LogP contribution in [0.3, 0.4) is 0 Å². The summed E-state index contributed by atoms with van der Waals surface area (Å²) in [5, 5.41) is 9.76. The predicted molar refractivity (Wildman–Crippen MR) is 79.9 cm³/mol. The fourth-order valence-electron chi connectivity index (χ4n) is 2.32. The van der Waals surface area contributed by atoms with E-state index < -0.39 is 9.84 Å². The maximum Gasteiger partial charge on any atom is 0.210 e. The monoisotopic (exact) mass is 302 g/mol. The van der Waals surface area contributed by atoms with Gasteiger partial charge in [0.15, 0.2) is 0 Å². The molecule has 5 heteroatoms. The standard InChI is InChI=1S/C16H14O4S/c1-11-5-2-3-8-15(11)20-10-13-9-12-6-4-7-14(17)16(12)21(13,18)19/h2-9,17H,10H2,1H3. The Morgan fingerprint density at radius 2 is 1.86 bits per heavy atom. The summed E-state index contributed by atoms with van der Waals surface area (Å²) in [6, 6.07) is 12.1. The Kier molecular flexibility index (Phi) is 3.22. The summed E-state index contributed by atoms with van der Waals surface area (Å²) >= 11 is 0. The fourth-order valence-corrected chi connectivity index (χ4v) is 3.86. The summed E-state index contributed by atoms with van der Waals surface area (Å²) in [7, 11) is -3.67. The van der Waals surface area contributed by atoms with Gasteiger partial charge in [0.2, 0.25) is 9.84 Å². The van der Waals surface area contributed by atoms with Crippen molar-refractivity contribution in [3.63, 3.8) is 0 Å². The molecule has 0 amide bonds. The van der Waals surface area contributed by atoms with E-state index in [2.05, 4.69) is 0 Å². The molecule has 4 nitrogen and oxygen atoms in total. The molecule has 0 bridgehead atoms. The molecule has 0 fully saturated rings. The molecule has 108 valence electrons. The molecule has 21 heavy (non-hydrogen) atoms. The van der Waals surface area contributed by atoms with Gasteiger partial charge in [0, 0.05) is 0 Å². The van der Waals surface area contributed by atoms with E-state index in [4.69, 9.17) is 4.74 Å². The molecule has 1 N–H and O–H groups in total. The number of aryl methyl sites for hydroxylation is 1. The van der Waals surface area contributed by atoms with Crippen molar-refractivity contribution in [1.29, 1.82) is 0 Å². The Morgan fingerprint density at radius 1 is 1.10 bits per heavy atom. The molecule has 0 radical (unpaired) electrons. The highest BCUT2D eigenvalue weighted by Crippen LogP contribution is 2.38. The number of sulfone groups is 1. The lowest BCUT2D eigenvalue weighted by Crippen LogP contribution is -2.09. The molecule has 0 spiro atoms. The highest BCUT2D eigenvalue weighted by Gasteiger charge is 2.32. The summed E-state index contributed by atoms with van der Waals surface area (Å²) in [4.78, 5) is 0.121. The van der Waals surface area contributed by atoms with Crippen LogP contribution in [0.15, 0.2) is 52.3 Å².